The first-order valence-electron chi connectivity index (χ1n) is 6.79. The smallest absolute Gasteiger partial charge is 0.124 e. The number of aryl methyl sites for hydroxylation is 1. The van der Waals surface area contributed by atoms with E-state index >= 15 is 0 Å². The summed E-state index contributed by atoms with van der Waals surface area (Å²) in [7, 11) is 0. The van der Waals surface area contributed by atoms with Crippen LogP contribution >= 0.6 is 0 Å². The third-order valence-electron chi connectivity index (χ3n) is 3.29. The maximum Gasteiger partial charge on any atom is 0.124 e. The van der Waals surface area contributed by atoms with Crippen molar-refractivity contribution in [3.63, 3.8) is 0 Å². The first-order valence-corrected chi connectivity index (χ1v) is 6.79. The maximum absolute atomic E-state index is 13.7. The summed E-state index contributed by atoms with van der Waals surface area (Å²) < 4.78 is 15.4. The summed E-state index contributed by atoms with van der Waals surface area (Å²) in [5, 5.41) is 4.46. The summed E-state index contributed by atoms with van der Waals surface area (Å²) >= 11 is 0. The van der Waals surface area contributed by atoms with Gasteiger partial charge >= 0.3 is 0 Å². The van der Waals surface area contributed by atoms with Gasteiger partial charge in [-0.05, 0) is 55.0 Å². The van der Waals surface area contributed by atoms with E-state index in [-0.39, 0.29) is 5.82 Å². The Morgan fingerprint density at radius 1 is 1.23 bits per heavy atom. The van der Waals surface area contributed by atoms with Crippen molar-refractivity contribution in [2.45, 2.75) is 6.92 Å². The molecule has 0 aliphatic heterocycles. The molecule has 0 amide bonds. The molecule has 1 aromatic carbocycles. The molecule has 3 rings (SSSR count). The number of pyridine rings is 1. The van der Waals surface area contributed by atoms with Crippen molar-refractivity contribution in [3.05, 3.63) is 66.2 Å². The number of nitrogen functional groups attached to an aromatic ring is 1. The van der Waals surface area contributed by atoms with Gasteiger partial charge in [0.15, 0.2) is 0 Å². The van der Waals surface area contributed by atoms with Crippen molar-refractivity contribution in [1.82, 2.24) is 14.8 Å². The van der Waals surface area contributed by atoms with Crippen LogP contribution in [0, 0.1) is 12.7 Å². The van der Waals surface area contributed by atoms with Crippen LogP contribution in [0.3, 0.4) is 0 Å². The van der Waals surface area contributed by atoms with Crippen molar-refractivity contribution < 1.29 is 4.39 Å². The van der Waals surface area contributed by atoms with Crippen molar-refractivity contribution in [2.75, 3.05) is 5.73 Å². The van der Waals surface area contributed by atoms with Gasteiger partial charge in [-0.3, -0.25) is 0 Å². The summed E-state index contributed by atoms with van der Waals surface area (Å²) in [6, 6.07) is 10.3. The van der Waals surface area contributed by atoms with E-state index in [4.69, 9.17) is 5.73 Å². The van der Waals surface area contributed by atoms with Crippen LogP contribution in [0.15, 0.2) is 49.2 Å². The van der Waals surface area contributed by atoms with Crippen LogP contribution in [0.2, 0.25) is 0 Å². The zero-order chi connectivity index (χ0) is 15.7. The van der Waals surface area contributed by atoms with E-state index in [0.29, 0.717) is 11.5 Å². The number of nitrogens with two attached hydrogens (primary N) is 1. The zero-order valence-corrected chi connectivity index (χ0v) is 12.1. The van der Waals surface area contributed by atoms with E-state index in [2.05, 4.69) is 16.7 Å². The molecule has 0 bridgehead atoms. The lowest BCUT2D eigenvalue weighted by atomic mass is 10.1. The van der Waals surface area contributed by atoms with E-state index in [1.807, 2.05) is 25.1 Å². The van der Waals surface area contributed by atoms with Gasteiger partial charge in [-0.1, -0.05) is 6.58 Å². The number of halogens is 1. The molecule has 22 heavy (non-hydrogen) atoms. The Balaban J connectivity index is 2.20. The average molecular weight is 294 g/mol. The molecule has 0 spiro atoms. The topological polar surface area (TPSA) is 56.7 Å². The van der Waals surface area contributed by atoms with E-state index in [1.165, 1.54) is 12.1 Å². The summed E-state index contributed by atoms with van der Waals surface area (Å²) in [5.41, 5.74) is 9.43. The van der Waals surface area contributed by atoms with Gasteiger partial charge in [0.25, 0.3) is 0 Å². The Morgan fingerprint density at radius 3 is 2.68 bits per heavy atom. The molecular weight excluding hydrogens is 279 g/mol. The first kappa shape index (κ1) is 14.0. The first-order chi connectivity index (χ1) is 10.6. The Kier molecular flexibility index (Phi) is 3.47. The number of aromatic nitrogens is 3. The van der Waals surface area contributed by atoms with Crippen LogP contribution < -0.4 is 5.73 Å². The second-order valence-electron chi connectivity index (χ2n) is 5.03. The predicted octanol–water partition coefficient (Wildman–Crippen LogP) is 3.61. The Bertz CT molecular complexity index is 814. The molecule has 4 nitrogen and oxygen atoms in total. The molecule has 2 N–H and O–H groups in total. The number of anilines is 1. The van der Waals surface area contributed by atoms with E-state index in [9.17, 15) is 4.39 Å². The van der Waals surface area contributed by atoms with Crippen molar-refractivity contribution in [1.29, 1.82) is 0 Å². The molecule has 2 aromatic heterocycles. The van der Waals surface area contributed by atoms with Crippen LogP contribution in [-0.2, 0) is 0 Å². The highest BCUT2D eigenvalue weighted by molar-refractivity contribution is 5.66. The second-order valence-corrected chi connectivity index (χ2v) is 5.03. The summed E-state index contributed by atoms with van der Waals surface area (Å²) in [6.07, 6.45) is 3.28. The molecule has 3 aromatic rings. The van der Waals surface area contributed by atoms with Gasteiger partial charge in [0.1, 0.15) is 11.6 Å². The fraction of sp³-hybridized carbons (Fsp3) is 0.0588. The van der Waals surface area contributed by atoms with Crippen LogP contribution in [0.25, 0.3) is 23.0 Å². The fourth-order valence-electron chi connectivity index (χ4n) is 2.31. The van der Waals surface area contributed by atoms with Gasteiger partial charge in [-0.15, -0.1) is 0 Å². The monoisotopic (exact) mass is 294 g/mol. The molecule has 0 saturated heterocycles. The standard InChI is InChI=1S/C17H15FN4/c1-3-14-9-16(12-6-11(2)7-13(18)8-12)22(21-14)15-4-5-17(19)20-10-15/h3-10H,1H2,2H3,(H2,19,20). The SMILES string of the molecule is C=Cc1cc(-c2cc(C)cc(F)c2)n(-c2ccc(N)nc2)n1. The quantitative estimate of drug-likeness (QED) is 0.803. The second kappa shape index (κ2) is 5.44. The number of hydrogen-bond donors (Lipinski definition) is 1. The maximum atomic E-state index is 13.7. The average Bonchev–Trinajstić information content (AvgIpc) is 2.91. The molecule has 0 saturated carbocycles. The molecule has 0 radical (unpaired) electrons. The van der Waals surface area contributed by atoms with E-state index < -0.39 is 0 Å². The molecule has 0 atom stereocenters. The Morgan fingerprint density at radius 2 is 2.05 bits per heavy atom. The van der Waals surface area contributed by atoms with Crippen molar-refractivity contribution >= 4 is 11.9 Å². The van der Waals surface area contributed by atoms with Crippen LogP contribution in [0.4, 0.5) is 10.2 Å². The summed E-state index contributed by atoms with van der Waals surface area (Å²) in [6.45, 7) is 5.59. The van der Waals surface area contributed by atoms with Crippen LogP contribution in [-0.4, -0.2) is 14.8 Å². The van der Waals surface area contributed by atoms with Gasteiger partial charge < -0.3 is 5.73 Å². The molecule has 0 aliphatic carbocycles. The summed E-state index contributed by atoms with van der Waals surface area (Å²) in [5.74, 6) is 0.154. The molecule has 2 heterocycles. The molecule has 0 aliphatic rings. The third kappa shape index (κ3) is 2.61. The normalized spacial score (nSPS) is 10.6. The van der Waals surface area contributed by atoms with E-state index in [1.54, 1.807) is 23.0 Å². The fourth-order valence-corrected chi connectivity index (χ4v) is 2.31. The minimum absolute atomic E-state index is 0.279. The number of hydrogen-bond acceptors (Lipinski definition) is 3. The lowest BCUT2D eigenvalue weighted by Crippen LogP contribution is -2.01. The van der Waals surface area contributed by atoms with Gasteiger partial charge in [0, 0.05) is 5.56 Å². The minimum atomic E-state index is -0.279. The predicted molar refractivity (Wildman–Crippen MR) is 86.0 cm³/mol. The highest BCUT2D eigenvalue weighted by atomic mass is 19.1. The van der Waals surface area contributed by atoms with Crippen molar-refractivity contribution in [2.24, 2.45) is 0 Å². The molecule has 0 unspecified atom stereocenters. The number of nitrogens with zero attached hydrogens (tertiary/aromatic N) is 3. The van der Waals surface area contributed by atoms with Gasteiger partial charge in [-0.25, -0.2) is 14.1 Å². The van der Waals surface area contributed by atoms with Gasteiger partial charge in [0.2, 0.25) is 0 Å². The number of rotatable bonds is 3. The number of benzene rings is 1. The largest absolute Gasteiger partial charge is 0.384 e. The zero-order valence-electron chi connectivity index (χ0n) is 12.1. The lowest BCUT2D eigenvalue weighted by Gasteiger charge is -2.08. The highest BCUT2D eigenvalue weighted by Crippen LogP contribution is 2.26. The van der Waals surface area contributed by atoms with Crippen molar-refractivity contribution in [3.8, 4) is 16.9 Å². The highest BCUT2D eigenvalue weighted by Gasteiger charge is 2.12. The Hall–Kier alpha value is -2.95. The molecule has 5 heteroatoms. The van der Waals surface area contributed by atoms with Crippen LogP contribution in [0.1, 0.15) is 11.3 Å². The summed E-state index contributed by atoms with van der Waals surface area (Å²) in [4.78, 5) is 4.08. The van der Waals surface area contributed by atoms with Crippen LogP contribution in [0.5, 0.6) is 0 Å². The van der Waals surface area contributed by atoms with E-state index in [0.717, 1.165) is 22.5 Å². The Labute approximate surface area is 127 Å². The molecule has 0 fully saturated rings. The van der Waals surface area contributed by atoms with Gasteiger partial charge in [0.05, 0.1) is 23.3 Å². The minimum Gasteiger partial charge on any atom is -0.384 e. The molecule has 110 valence electrons. The molecular formula is C17H15FN4. The lowest BCUT2D eigenvalue weighted by molar-refractivity contribution is 0.627. The third-order valence-corrected chi connectivity index (χ3v) is 3.29. The van der Waals surface area contributed by atoms with Gasteiger partial charge in [-0.2, -0.15) is 5.10 Å².